The van der Waals surface area contributed by atoms with Crippen LogP contribution in [0.25, 0.3) is 0 Å². The number of carboxylic acid groups (broad SMARTS) is 1. The summed E-state index contributed by atoms with van der Waals surface area (Å²) in [6.07, 6.45) is 6.48. The molecule has 0 unspecified atom stereocenters. The highest BCUT2D eigenvalue weighted by Gasteiger charge is 2.38. The van der Waals surface area contributed by atoms with Crippen LogP contribution in [-0.4, -0.2) is 34.6 Å². The molecule has 21 heavy (non-hydrogen) atoms. The highest BCUT2D eigenvalue weighted by atomic mass is 16.4. The molecule has 0 aliphatic heterocycles. The van der Waals surface area contributed by atoms with Crippen LogP contribution in [0.5, 0.6) is 0 Å². The zero-order valence-corrected chi connectivity index (χ0v) is 12.2. The van der Waals surface area contributed by atoms with Gasteiger partial charge in [-0.1, -0.05) is 19.3 Å². The topological polar surface area (TPSA) is 96.5 Å². The van der Waals surface area contributed by atoms with Crippen LogP contribution >= 0.6 is 0 Å². The summed E-state index contributed by atoms with van der Waals surface area (Å²) in [7, 11) is 1.88. The maximum atomic E-state index is 11.3. The second kappa shape index (κ2) is 6.11. The van der Waals surface area contributed by atoms with E-state index in [-0.39, 0.29) is 12.1 Å². The number of anilines is 1. The lowest BCUT2D eigenvalue weighted by molar-refractivity contribution is -0.138. The molecule has 1 aliphatic carbocycles. The number of aromatic nitrogens is 1. The number of carboxylic acids is 1. The Balaban J connectivity index is 2.33. The second-order valence-electron chi connectivity index (χ2n) is 5.68. The summed E-state index contributed by atoms with van der Waals surface area (Å²) in [6.45, 7) is 0. The third-order valence-electron chi connectivity index (χ3n) is 4.36. The van der Waals surface area contributed by atoms with Crippen molar-refractivity contribution in [3.05, 3.63) is 24.0 Å². The minimum absolute atomic E-state index is 0.0950. The van der Waals surface area contributed by atoms with E-state index in [9.17, 15) is 14.7 Å². The molecule has 0 radical (unpaired) electrons. The van der Waals surface area contributed by atoms with Gasteiger partial charge in [-0.15, -0.1) is 0 Å². The quantitative estimate of drug-likeness (QED) is 0.862. The Bertz CT molecular complexity index is 539. The zero-order chi connectivity index (χ0) is 15.5. The number of nitrogens with two attached hydrogens (primary N) is 1. The maximum absolute atomic E-state index is 11.3. The molecule has 1 aliphatic rings. The highest BCUT2D eigenvalue weighted by molar-refractivity contribution is 5.91. The van der Waals surface area contributed by atoms with E-state index >= 15 is 0 Å². The van der Waals surface area contributed by atoms with E-state index in [2.05, 4.69) is 4.98 Å². The van der Waals surface area contributed by atoms with Gasteiger partial charge in [0.1, 0.15) is 5.69 Å². The first-order valence-corrected chi connectivity index (χ1v) is 7.16. The van der Waals surface area contributed by atoms with Crippen molar-refractivity contribution < 1.29 is 14.7 Å². The number of rotatable bonds is 5. The van der Waals surface area contributed by atoms with Gasteiger partial charge in [0.25, 0.3) is 5.91 Å². The molecule has 0 spiro atoms. The highest BCUT2D eigenvalue weighted by Crippen LogP contribution is 2.38. The predicted octanol–water partition coefficient (Wildman–Crippen LogP) is 1.79. The summed E-state index contributed by atoms with van der Waals surface area (Å²) in [5.41, 5.74) is 5.83. The molecule has 2 rings (SSSR count). The van der Waals surface area contributed by atoms with Crippen molar-refractivity contribution in [2.45, 2.75) is 44.1 Å². The smallest absolute Gasteiger partial charge is 0.305 e. The molecule has 6 nitrogen and oxygen atoms in total. The molecular weight excluding hydrogens is 270 g/mol. The van der Waals surface area contributed by atoms with E-state index < -0.39 is 17.4 Å². The van der Waals surface area contributed by atoms with Crippen LogP contribution in [-0.2, 0) is 4.79 Å². The number of pyridine rings is 1. The van der Waals surface area contributed by atoms with Crippen LogP contribution in [0, 0.1) is 0 Å². The third kappa shape index (κ3) is 3.32. The Morgan fingerprint density at radius 3 is 2.62 bits per heavy atom. The number of carbonyl (C=O) groups is 2. The Morgan fingerprint density at radius 1 is 1.38 bits per heavy atom. The Morgan fingerprint density at radius 2 is 2.05 bits per heavy atom. The Hall–Kier alpha value is -2.11. The van der Waals surface area contributed by atoms with E-state index in [0.29, 0.717) is 0 Å². The van der Waals surface area contributed by atoms with Gasteiger partial charge < -0.3 is 15.7 Å². The summed E-state index contributed by atoms with van der Waals surface area (Å²) < 4.78 is 0. The summed E-state index contributed by atoms with van der Waals surface area (Å²) >= 11 is 0. The molecule has 0 atom stereocenters. The van der Waals surface area contributed by atoms with Crippen LogP contribution in [0.4, 0.5) is 5.69 Å². The molecule has 1 saturated carbocycles. The molecule has 0 bridgehead atoms. The van der Waals surface area contributed by atoms with Crippen molar-refractivity contribution in [1.29, 1.82) is 0 Å². The number of hydrogen-bond acceptors (Lipinski definition) is 4. The summed E-state index contributed by atoms with van der Waals surface area (Å²) in [5.74, 6) is -1.38. The minimum atomic E-state index is -0.798. The van der Waals surface area contributed by atoms with Gasteiger partial charge in [-0.05, 0) is 25.0 Å². The van der Waals surface area contributed by atoms with E-state index in [0.717, 1.165) is 37.8 Å². The van der Waals surface area contributed by atoms with Crippen molar-refractivity contribution >= 4 is 17.6 Å². The van der Waals surface area contributed by atoms with Gasteiger partial charge in [0.05, 0.1) is 12.0 Å². The SMILES string of the molecule is CN(c1ccnc(C(N)=O)c1)C1(CC(=O)O)CCCCC1. The second-order valence-corrected chi connectivity index (χ2v) is 5.68. The van der Waals surface area contributed by atoms with Crippen molar-refractivity contribution in [1.82, 2.24) is 4.98 Å². The summed E-state index contributed by atoms with van der Waals surface area (Å²) in [5, 5.41) is 9.26. The standard InChI is InChI=1S/C15H21N3O3/c1-18(11-5-8-17-12(9-11)14(16)21)15(10-13(19)20)6-3-2-4-7-15/h5,8-9H,2-4,6-7,10H2,1H3,(H2,16,21)(H,19,20). The van der Waals surface area contributed by atoms with Crippen molar-refractivity contribution in [3.8, 4) is 0 Å². The lowest BCUT2D eigenvalue weighted by Crippen LogP contribution is -2.49. The number of aliphatic carboxylic acids is 1. The van der Waals surface area contributed by atoms with Crippen molar-refractivity contribution in [2.24, 2.45) is 5.73 Å². The van der Waals surface area contributed by atoms with Crippen molar-refractivity contribution in [3.63, 3.8) is 0 Å². The number of amides is 1. The van der Waals surface area contributed by atoms with Crippen LogP contribution in [0.3, 0.4) is 0 Å². The van der Waals surface area contributed by atoms with Crippen LogP contribution in [0.2, 0.25) is 0 Å². The van der Waals surface area contributed by atoms with Crippen LogP contribution < -0.4 is 10.6 Å². The van der Waals surface area contributed by atoms with Crippen molar-refractivity contribution in [2.75, 3.05) is 11.9 Å². The maximum Gasteiger partial charge on any atom is 0.305 e. The first-order chi connectivity index (χ1) is 9.94. The first kappa shape index (κ1) is 15.3. The van der Waals surface area contributed by atoms with Crippen LogP contribution in [0.15, 0.2) is 18.3 Å². The van der Waals surface area contributed by atoms with E-state index in [1.807, 2.05) is 11.9 Å². The largest absolute Gasteiger partial charge is 0.481 e. The van der Waals surface area contributed by atoms with Gasteiger partial charge >= 0.3 is 5.97 Å². The van der Waals surface area contributed by atoms with Gasteiger partial charge in [-0.3, -0.25) is 14.6 Å². The Kier molecular flexibility index (Phi) is 4.45. The van der Waals surface area contributed by atoms with Gasteiger partial charge in [-0.25, -0.2) is 0 Å². The lowest BCUT2D eigenvalue weighted by atomic mass is 9.78. The fourth-order valence-corrected chi connectivity index (χ4v) is 3.16. The molecule has 1 heterocycles. The fraction of sp³-hybridized carbons (Fsp3) is 0.533. The number of nitrogens with zero attached hydrogens (tertiary/aromatic N) is 2. The monoisotopic (exact) mass is 291 g/mol. The normalized spacial score (nSPS) is 17.2. The predicted molar refractivity (Wildman–Crippen MR) is 79.2 cm³/mol. The average Bonchev–Trinajstić information content (AvgIpc) is 2.47. The van der Waals surface area contributed by atoms with Gasteiger partial charge in [0.15, 0.2) is 0 Å². The molecule has 114 valence electrons. The number of carbonyl (C=O) groups excluding carboxylic acids is 1. The molecule has 0 aromatic carbocycles. The minimum Gasteiger partial charge on any atom is -0.481 e. The van der Waals surface area contributed by atoms with Gasteiger partial charge in [0, 0.05) is 18.9 Å². The average molecular weight is 291 g/mol. The molecule has 1 aromatic heterocycles. The van der Waals surface area contributed by atoms with Gasteiger partial charge in [-0.2, -0.15) is 0 Å². The zero-order valence-electron chi connectivity index (χ0n) is 12.2. The molecule has 3 N–H and O–H groups in total. The van der Waals surface area contributed by atoms with E-state index in [1.165, 1.54) is 6.20 Å². The van der Waals surface area contributed by atoms with Gasteiger partial charge in [0.2, 0.25) is 0 Å². The molecule has 1 aromatic rings. The lowest BCUT2D eigenvalue weighted by Gasteiger charge is -2.45. The fourth-order valence-electron chi connectivity index (χ4n) is 3.16. The molecular formula is C15H21N3O3. The van der Waals surface area contributed by atoms with E-state index in [1.54, 1.807) is 12.1 Å². The number of hydrogen-bond donors (Lipinski definition) is 2. The first-order valence-electron chi connectivity index (χ1n) is 7.16. The molecule has 1 amide bonds. The molecule has 0 saturated heterocycles. The third-order valence-corrected chi connectivity index (χ3v) is 4.36. The number of primary amides is 1. The van der Waals surface area contributed by atoms with E-state index in [4.69, 9.17) is 5.73 Å². The summed E-state index contributed by atoms with van der Waals surface area (Å²) in [6, 6.07) is 3.41. The molecule has 1 fully saturated rings. The Labute approximate surface area is 124 Å². The molecule has 6 heteroatoms. The summed E-state index contributed by atoms with van der Waals surface area (Å²) in [4.78, 5) is 28.4. The van der Waals surface area contributed by atoms with Crippen LogP contribution in [0.1, 0.15) is 49.0 Å².